The molecule has 1 aliphatic carbocycles. The average molecular weight is 266 g/mol. The number of carbonyl (C=O) groups is 1. The van der Waals surface area contributed by atoms with Crippen LogP contribution >= 0.6 is 0 Å². The fourth-order valence-corrected chi connectivity index (χ4v) is 3.43. The van der Waals surface area contributed by atoms with Gasteiger partial charge in [0.15, 0.2) is 0 Å². The molecule has 2 N–H and O–H groups in total. The first-order valence-corrected chi connectivity index (χ1v) is 8.10. The Balaban J connectivity index is 1.78. The maximum atomic E-state index is 12.2. The third kappa shape index (κ3) is 3.71. The number of carbonyl (C=O) groups excluding carboxylic acids is 1. The van der Waals surface area contributed by atoms with Gasteiger partial charge in [0.2, 0.25) is 5.91 Å². The van der Waals surface area contributed by atoms with Crippen molar-refractivity contribution in [2.75, 3.05) is 13.1 Å². The quantitative estimate of drug-likeness (QED) is 0.803. The van der Waals surface area contributed by atoms with Crippen molar-refractivity contribution in [3.05, 3.63) is 0 Å². The molecule has 3 heteroatoms. The Morgan fingerprint density at radius 2 is 1.68 bits per heavy atom. The molecule has 0 aromatic rings. The molecule has 3 atom stereocenters. The molecule has 0 radical (unpaired) electrons. The molecule has 1 aliphatic heterocycles. The maximum absolute atomic E-state index is 12.2. The largest absolute Gasteiger partial charge is 0.353 e. The topological polar surface area (TPSA) is 41.1 Å². The highest BCUT2D eigenvalue weighted by molar-refractivity contribution is 5.79. The van der Waals surface area contributed by atoms with E-state index in [1.807, 2.05) is 0 Å². The lowest BCUT2D eigenvalue weighted by Gasteiger charge is -2.35. The summed E-state index contributed by atoms with van der Waals surface area (Å²) in [6, 6.07) is 0.311. The summed E-state index contributed by atoms with van der Waals surface area (Å²) in [5, 5.41) is 6.50. The van der Waals surface area contributed by atoms with Gasteiger partial charge in [-0.2, -0.15) is 0 Å². The fourth-order valence-electron chi connectivity index (χ4n) is 3.43. The van der Waals surface area contributed by atoms with E-state index in [1.54, 1.807) is 0 Å². The number of hydrogen-bond acceptors (Lipinski definition) is 2. The molecule has 2 aliphatic rings. The first-order valence-electron chi connectivity index (χ1n) is 8.10. The Morgan fingerprint density at radius 1 is 1.05 bits per heavy atom. The molecule has 110 valence electrons. The van der Waals surface area contributed by atoms with Crippen LogP contribution in [0.3, 0.4) is 0 Å². The Bertz CT molecular complexity index is 295. The monoisotopic (exact) mass is 266 g/mol. The number of rotatable bonds is 5. The summed E-state index contributed by atoms with van der Waals surface area (Å²) >= 11 is 0. The molecule has 0 bridgehead atoms. The molecule has 2 fully saturated rings. The van der Waals surface area contributed by atoms with Crippen LogP contribution in [0.1, 0.15) is 52.9 Å². The van der Waals surface area contributed by atoms with Crippen molar-refractivity contribution in [1.29, 1.82) is 0 Å². The van der Waals surface area contributed by atoms with E-state index in [-0.39, 0.29) is 11.8 Å². The van der Waals surface area contributed by atoms with Gasteiger partial charge in [-0.15, -0.1) is 0 Å². The van der Waals surface area contributed by atoms with E-state index < -0.39 is 0 Å². The molecule has 0 aromatic carbocycles. The predicted octanol–water partition coefficient (Wildman–Crippen LogP) is 2.56. The van der Waals surface area contributed by atoms with Crippen LogP contribution in [-0.4, -0.2) is 25.0 Å². The molecular weight excluding hydrogens is 236 g/mol. The molecule has 3 nitrogen and oxygen atoms in total. The van der Waals surface area contributed by atoms with Crippen LogP contribution in [0.4, 0.5) is 0 Å². The highest BCUT2D eigenvalue weighted by Gasteiger charge is 2.31. The van der Waals surface area contributed by atoms with Crippen molar-refractivity contribution in [1.82, 2.24) is 10.6 Å². The highest BCUT2D eigenvalue weighted by atomic mass is 16.1. The van der Waals surface area contributed by atoms with Crippen molar-refractivity contribution >= 4 is 5.91 Å². The molecule has 1 amide bonds. The Kier molecular flexibility index (Phi) is 5.26. The van der Waals surface area contributed by atoms with Gasteiger partial charge in [-0.25, -0.2) is 0 Å². The number of amides is 1. The molecule has 0 aromatic heterocycles. The minimum absolute atomic E-state index is 0.155. The van der Waals surface area contributed by atoms with E-state index in [0.29, 0.717) is 17.9 Å². The second-order valence-corrected chi connectivity index (χ2v) is 6.76. The van der Waals surface area contributed by atoms with Crippen molar-refractivity contribution in [2.24, 2.45) is 23.7 Å². The maximum Gasteiger partial charge on any atom is 0.223 e. The Hall–Kier alpha value is -0.570. The summed E-state index contributed by atoms with van der Waals surface area (Å²) in [7, 11) is 0. The molecule has 0 spiro atoms. The van der Waals surface area contributed by atoms with Crippen LogP contribution in [0.5, 0.6) is 0 Å². The lowest BCUT2D eigenvalue weighted by Crippen LogP contribution is -2.51. The molecular formula is C16H30N2O. The highest BCUT2D eigenvalue weighted by Crippen LogP contribution is 2.31. The van der Waals surface area contributed by atoms with Gasteiger partial charge < -0.3 is 10.6 Å². The first kappa shape index (κ1) is 14.8. The van der Waals surface area contributed by atoms with Gasteiger partial charge in [-0.05, 0) is 37.8 Å². The van der Waals surface area contributed by atoms with Crippen molar-refractivity contribution < 1.29 is 4.79 Å². The lowest BCUT2D eigenvalue weighted by molar-refractivity contribution is -0.127. The fraction of sp³-hybridized carbons (Fsp3) is 0.938. The SMILES string of the molecule is CC(NC(=O)C(C)C1CNC1)C(C)C1CCCCC1. The molecule has 3 unspecified atom stereocenters. The molecule has 2 rings (SSSR count). The molecule has 19 heavy (non-hydrogen) atoms. The zero-order valence-electron chi connectivity index (χ0n) is 12.7. The summed E-state index contributed by atoms with van der Waals surface area (Å²) in [5.41, 5.74) is 0. The van der Waals surface area contributed by atoms with E-state index in [0.717, 1.165) is 19.0 Å². The summed E-state index contributed by atoms with van der Waals surface area (Å²) in [5.74, 6) is 2.36. The van der Waals surface area contributed by atoms with Crippen LogP contribution < -0.4 is 10.6 Å². The number of nitrogens with one attached hydrogen (secondary N) is 2. The predicted molar refractivity (Wildman–Crippen MR) is 78.9 cm³/mol. The van der Waals surface area contributed by atoms with Crippen LogP contribution in [0.15, 0.2) is 0 Å². The van der Waals surface area contributed by atoms with E-state index >= 15 is 0 Å². The Labute approximate surface area is 117 Å². The molecule has 1 saturated heterocycles. The average Bonchev–Trinajstić information content (AvgIpc) is 2.36. The van der Waals surface area contributed by atoms with Crippen LogP contribution in [0.2, 0.25) is 0 Å². The normalized spacial score (nSPS) is 26.3. The van der Waals surface area contributed by atoms with Gasteiger partial charge in [0.1, 0.15) is 0 Å². The standard InChI is InChI=1S/C16H30N2O/c1-11(14-7-5-4-6-8-14)13(3)18-16(19)12(2)15-9-17-10-15/h11-15,17H,4-10H2,1-3H3,(H,18,19). The van der Waals surface area contributed by atoms with Crippen molar-refractivity contribution in [3.63, 3.8) is 0 Å². The van der Waals surface area contributed by atoms with Gasteiger partial charge >= 0.3 is 0 Å². The number of hydrogen-bond donors (Lipinski definition) is 2. The zero-order valence-corrected chi connectivity index (χ0v) is 12.7. The van der Waals surface area contributed by atoms with Crippen molar-refractivity contribution in [3.8, 4) is 0 Å². The van der Waals surface area contributed by atoms with Crippen LogP contribution in [-0.2, 0) is 4.79 Å². The second kappa shape index (κ2) is 6.74. The van der Waals surface area contributed by atoms with E-state index in [4.69, 9.17) is 0 Å². The van der Waals surface area contributed by atoms with Gasteiger partial charge in [0.25, 0.3) is 0 Å². The van der Waals surface area contributed by atoms with Crippen LogP contribution in [0, 0.1) is 23.7 Å². The molecule has 1 heterocycles. The summed E-state index contributed by atoms with van der Waals surface area (Å²) < 4.78 is 0. The van der Waals surface area contributed by atoms with E-state index in [1.165, 1.54) is 32.1 Å². The second-order valence-electron chi connectivity index (χ2n) is 6.76. The summed E-state index contributed by atoms with van der Waals surface area (Å²) in [4.78, 5) is 12.2. The summed E-state index contributed by atoms with van der Waals surface area (Å²) in [6.07, 6.45) is 6.85. The third-order valence-corrected chi connectivity index (χ3v) is 5.49. The van der Waals surface area contributed by atoms with Gasteiger partial charge in [-0.1, -0.05) is 46.0 Å². The van der Waals surface area contributed by atoms with Gasteiger partial charge in [0.05, 0.1) is 0 Å². The summed E-state index contributed by atoms with van der Waals surface area (Å²) in [6.45, 7) is 8.57. The van der Waals surface area contributed by atoms with Gasteiger partial charge in [-0.3, -0.25) is 4.79 Å². The smallest absolute Gasteiger partial charge is 0.223 e. The minimum Gasteiger partial charge on any atom is -0.353 e. The third-order valence-electron chi connectivity index (χ3n) is 5.49. The first-order chi connectivity index (χ1) is 9.09. The van der Waals surface area contributed by atoms with E-state index in [2.05, 4.69) is 31.4 Å². The lowest BCUT2D eigenvalue weighted by atomic mass is 9.78. The minimum atomic E-state index is 0.155. The molecule has 1 saturated carbocycles. The van der Waals surface area contributed by atoms with Crippen LogP contribution in [0.25, 0.3) is 0 Å². The van der Waals surface area contributed by atoms with E-state index in [9.17, 15) is 4.79 Å². The van der Waals surface area contributed by atoms with Crippen molar-refractivity contribution in [2.45, 2.75) is 58.9 Å². The van der Waals surface area contributed by atoms with Gasteiger partial charge in [0, 0.05) is 12.0 Å². The Morgan fingerprint density at radius 3 is 2.21 bits per heavy atom. The zero-order chi connectivity index (χ0) is 13.8.